The van der Waals surface area contributed by atoms with Gasteiger partial charge in [0.05, 0.1) is 11.4 Å². The summed E-state index contributed by atoms with van der Waals surface area (Å²) >= 11 is 0. The van der Waals surface area contributed by atoms with Crippen molar-refractivity contribution in [1.29, 1.82) is 0 Å². The van der Waals surface area contributed by atoms with Crippen LogP contribution in [0, 0.1) is 0 Å². The van der Waals surface area contributed by atoms with Crippen LogP contribution in [0.1, 0.15) is 40.9 Å². The first-order valence-corrected chi connectivity index (χ1v) is 10.5. The zero-order chi connectivity index (χ0) is 20.7. The molecule has 0 bridgehead atoms. The van der Waals surface area contributed by atoms with Crippen LogP contribution < -0.4 is 4.90 Å². The van der Waals surface area contributed by atoms with Gasteiger partial charge in [0, 0.05) is 56.8 Å². The molecule has 1 amide bonds. The molecule has 1 spiro atoms. The fourth-order valence-corrected chi connectivity index (χ4v) is 4.81. The maximum absolute atomic E-state index is 13.3. The zero-order valence-corrected chi connectivity index (χ0v) is 17.5. The van der Waals surface area contributed by atoms with E-state index in [9.17, 15) is 4.79 Å². The highest BCUT2D eigenvalue weighted by Gasteiger charge is 2.45. The number of anilines is 1. The van der Waals surface area contributed by atoms with E-state index in [4.69, 9.17) is 4.98 Å². The summed E-state index contributed by atoms with van der Waals surface area (Å²) in [5.41, 5.74) is 4.00. The molecule has 1 saturated heterocycles. The Kier molecular flexibility index (Phi) is 4.53. The number of nitrogens with zero attached hydrogens (tertiary/aromatic N) is 6. The normalized spacial score (nSPS) is 20.4. The zero-order valence-electron chi connectivity index (χ0n) is 17.5. The van der Waals surface area contributed by atoms with Crippen molar-refractivity contribution < 1.29 is 4.79 Å². The molecule has 1 atom stereocenters. The number of carbonyl (C=O) groups excluding carboxylic acids is 1. The van der Waals surface area contributed by atoms with Crippen molar-refractivity contribution in [2.24, 2.45) is 0 Å². The lowest BCUT2D eigenvalue weighted by Crippen LogP contribution is -2.48. The maximum atomic E-state index is 13.3. The first-order valence-electron chi connectivity index (χ1n) is 10.5. The molecule has 30 heavy (non-hydrogen) atoms. The molecule has 0 N–H and O–H groups in total. The van der Waals surface area contributed by atoms with Crippen molar-refractivity contribution in [1.82, 2.24) is 24.6 Å². The molecule has 2 aliphatic rings. The summed E-state index contributed by atoms with van der Waals surface area (Å²) < 4.78 is 1.79. The van der Waals surface area contributed by atoms with Gasteiger partial charge in [0.15, 0.2) is 0 Å². The summed E-state index contributed by atoms with van der Waals surface area (Å²) in [6.07, 6.45) is 9.72. The van der Waals surface area contributed by atoms with Gasteiger partial charge in [-0.2, -0.15) is 5.10 Å². The largest absolute Gasteiger partial charge is 0.347 e. The predicted molar refractivity (Wildman–Crippen MR) is 115 cm³/mol. The molecule has 7 heteroatoms. The lowest BCUT2D eigenvalue weighted by atomic mass is 9.77. The number of benzene rings is 1. The second kappa shape index (κ2) is 7.23. The summed E-state index contributed by atoms with van der Waals surface area (Å²) in [6, 6.07) is 9.57. The molecule has 1 fully saturated rings. The lowest BCUT2D eigenvalue weighted by molar-refractivity contribution is 0.0633. The first-order chi connectivity index (χ1) is 14.6. The summed E-state index contributed by atoms with van der Waals surface area (Å²) in [5.74, 6) is 0.837. The average Bonchev–Trinajstić information content (AvgIpc) is 3.43. The molecule has 1 unspecified atom stereocenters. The van der Waals surface area contributed by atoms with Crippen LogP contribution in [0.25, 0.3) is 5.69 Å². The van der Waals surface area contributed by atoms with E-state index >= 15 is 0 Å². The van der Waals surface area contributed by atoms with Crippen LogP contribution in [-0.2, 0) is 11.8 Å². The smallest absolute Gasteiger partial charge is 0.253 e. The van der Waals surface area contributed by atoms with Crippen molar-refractivity contribution in [2.75, 3.05) is 32.1 Å². The quantitative estimate of drug-likeness (QED) is 0.674. The third kappa shape index (κ3) is 3.14. The number of likely N-dealkylation sites (tertiary alicyclic amines) is 1. The van der Waals surface area contributed by atoms with Crippen molar-refractivity contribution in [3.63, 3.8) is 0 Å². The molecule has 5 rings (SSSR count). The molecule has 2 aromatic heterocycles. The van der Waals surface area contributed by atoms with Crippen LogP contribution in [0.2, 0.25) is 0 Å². The van der Waals surface area contributed by atoms with Crippen LogP contribution in [0.5, 0.6) is 0 Å². The minimum absolute atomic E-state index is 0.0497. The number of aromatic nitrogens is 4. The lowest BCUT2D eigenvalue weighted by Gasteiger charge is -2.40. The fourth-order valence-electron chi connectivity index (χ4n) is 4.81. The van der Waals surface area contributed by atoms with Gasteiger partial charge in [0.1, 0.15) is 0 Å². The van der Waals surface area contributed by atoms with Gasteiger partial charge in [-0.05, 0) is 61.6 Å². The standard InChI is InChI=1S/C23H26N6O/c1-27(2)22-24-15-18-9-11-23(20(18)26-22)10-3-13-28(16-23)21(30)17-5-7-19(8-6-17)29-14-4-12-25-29/h4-8,12,14-15H,3,9-11,13,16H2,1-2H3. The second-order valence-electron chi connectivity index (χ2n) is 8.55. The van der Waals surface area contributed by atoms with E-state index in [1.165, 1.54) is 5.56 Å². The number of amides is 1. The topological polar surface area (TPSA) is 67.2 Å². The molecule has 0 saturated carbocycles. The summed E-state index contributed by atoms with van der Waals surface area (Å²) in [5, 5.41) is 4.25. The second-order valence-corrected chi connectivity index (χ2v) is 8.55. The Bertz CT molecular complexity index is 1060. The molecule has 3 aromatic rings. The van der Waals surface area contributed by atoms with Crippen LogP contribution >= 0.6 is 0 Å². The van der Waals surface area contributed by atoms with E-state index in [-0.39, 0.29) is 11.3 Å². The van der Waals surface area contributed by atoms with E-state index in [1.807, 2.05) is 66.6 Å². The SMILES string of the molecule is CN(C)c1ncc2c(n1)C1(CCCN(C(=O)c3ccc(-n4cccn4)cc3)C1)CC2. The van der Waals surface area contributed by atoms with Crippen LogP contribution in [0.3, 0.4) is 0 Å². The van der Waals surface area contributed by atoms with Gasteiger partial charge in [-0.15, -0.1) is 0 Å². The molecule has 1 aliphatic heterocycles. The Morgan fingerprint density at radius 2 is 2.00 bits per heavy atom. The molecular formula is C23H26N6O. The Morgan fingerprint density at radius 3 is 2.73 bits per heavy atom. The predicted octanol–water partition coefficient (Wildman–Crippen LogP) is 2.85. The number of hydrogen-bond acceptors (Lipinski definition) is 5. The van der Waals surface area contributed by atoms with Crippen LogP contribution in [0.15, 0.2) is 48.9 Å². The third-order valence-corrected chi connectivity index (χ3v) is 6.37. The highest BCUT2D eigenvalue weighted by molar-refractivity contribution is 5.94. The Hall–Kier alpha value is -3.22. The average molecular weight is 403 g/mol. The molecule has 0 radical (unpaired) electrons. The molecule has 154 valence electrons. The maximum Gasteiger partial charge on any atom is 0.253 e. The minimum Gasteiger partial charge on any atom is -0.347 e. The van der Waals surface area contributed by atoms with E-state index in [0.717, 1.165) is 61.7 Å². The van der Waals surface area contributed by atoms with Crippen molar-refractivity contribution in [3.05, 3.63) is 65.7 Å². The highest BCUT2D eigenvalue weighted by Crippen LogP contribution is 2.44. The van der Waals surface area contributed by atoms with E-state index in [2.05, 4.69) is 10.1 Å². The number of piperidine rings is 1. The minimum atomic E-state index is -0.0497. The van der Waals surface area contributed by atoms with Gasteiger partial charge in [-0.1, -0.05) is 0 Å². The van der Waals surface area contributed by atoms with Crippen molar-refractivity contribution >= 4 is 11.9 Å². The van der Waals surface area contributed by atoms with Gasteiger partial charge >= 0.3 is 0 Å². The monoisotopic (exact) mass is 402 g/mol. The van der Waals surface area contributed by atoms with E-state index < -0.39 is 0 Å². The summed E-state index contributed by atoms with van der Waals surface area (Å²) in [4.78, 5) is 26.6. The van der Waals surface area contributed by atoms with Gasteiger partial charge in [-0.3, -0.25) is 4.79 Å². The van der Waals surface area contributed by atoms with Gasteiger partial charge in [0.25, 0.3) is 5.91 Å². The highest BCUT2D eigenvalue weighted by atomic mass is 16.2. The summed E-state index contributed by atoms with van der Waals surface area (Å²) in [7, 11) is 3.93. The number of carbonyl (C=O) groups is 1. The number of hydrogen-bond donors (Lipinski definition) is 0. The summed E-state index contributed by atoms with van der Waals surface area (Å²) in [6.45, 7) is 1.52. The Balaban J connectivity index is 1.39. The number of rotatable bonds is 3. The van der Waals surface area contributed by atoms with Gasteiger partial charge in [0.2, 0.25) is 5.95 Å². The van der Waals surface area contributed by atoms with Gasteiger partial charge < -0.3 is 9.80 Å². The molecular weight excluding hydrogens is 376 g/mol. The Labute approximate surface area is 176 Å². The van der Waals surface area contributed by atoms with E-state index in [1.54, 1.807) is 10.9 Å². The third-order valence-electron chi connectivity index (χ3n) is 6.37. The molecule has 1 aromatic carbocycles. The fraction of sp³-hybridized carbons (Fsp3) is 0.391. The van der Waals surface area contributed by atoms with Crippen molar-refractivity contribution in [2.45, 2.75) is 31.1 Å². The first kappa shape index (κ1) is 18.8. The number of fused-ring (bicyclic) bond motifs is 2. The van der Waals surface area contributed by atoms with Crippen LogP contribution in [0.4, 0.5) is 5.95 Å². The molecule has 3 heterocycles. The molecule has 7 nitrogen and oxygen atoms in total. The van der Waals surface area contributed by atoms with Crippen LogP contribution in [-0.4, -0.2) is 57.7 Å². The van der Waals surface area contributed by atoms with Crippen molar-refractivity contribution in [3.8, 4) is 5.69 Å². The molecule has 1 aliphatic carbocycles. The van der Waals surface area contributed by atoms with E-state index in [0.29, 0.717) is 0 Å². The Morgan fingerprint density at radius 1 is 1.17 bits per heavy atom. The number of aryl methyl sites for hydroxylation is 1. The van der Waals surface area contributed by atoms with Gasteiger partial charge in [-0.25, -0.2) is 14.6 Å².